The molecule has 0 aliphatic carbocycles. The first-order chi connectivity index (χ1) is 8.25. The quantitative estimate of drug-likeness (QED) is 0.669. The topological polar surface area (TPSA) is 82.5 Å². The van der Waals surface area contributed by atoms with E-state index in [9.17, 15) is 0 Å². The molecule has 0 aromatic carbocycles. The van der Waals surface area contributed by atoms with E-state index in [2.05, 4.69) is 19.9 Å². The molecular formula is C11H10N6. The summed E-state index contributed by atoms with van der Waals surface area (Å²) in [6.45, 7) is 0. The van der Waals surface area contributed by atoms with Crippen molar-refractivity contribution in [3.05, 3.63) is 31.0 Å². The van der Waals surface area contributed by atoms with Gasteiger partial charge in [0, 0.05) is 25.1 Å². The maximum Gasteiger partial charge on any atom is 0.165 e. The molecule has 3 heterocycles. The van der Waals surface area contributed by atoms with E-state index < -0.39 is 0 Å². The zero-order valence-corrected chi connectivity index (χ0v) is 9.20. The van der Waals surface area contributed by atoms with E-state index >= 15 is 0 Å². The van der Waals surface area contributed by atoms with Crippen molar-refractivity contribution in [3.8, 4) is 11.4 Å². The average molecular weight is 226 g/mol. The maximum absolute atomic E-state index is 5.87. The Morgan fingerprint density at radius 3 is 2.94 bits per heavy atom. The van der Waals surface area contributed by atoms with E-state index in [-0.39, 0.29) is 0 Å². The lowest BCUT2D eigenvalue weighted by molar-refractivity contribution is 0.929. The summed E-state index contributed by atoms with van der Waals surface area (Å²) in [6, 6.07) is 1.73. The van der Waals surface area contributed by atoms with Crippen LogP contribution < -0.4 is 5.73 Å². The number of hydrogen-bond acceptors (Lipinski definition) is 5. The molecule has 0 atom stereocenters. The predicted molar refractivity (Wildman–Crippen MR) is 63.9 cm³/mol. The first-order valence-corrected chi connectivity index (χ1v) is 5.09. The molecule has 6 nitrogen and oxygen atoms in total. The Hall–Kier alpha value is -2.50. The van der Waals surface area contributed by atoms with Crippen LogP contribution in [0.25, 0.3) is 22.6 Å². The fourth-order valence-corrected chi connectivity index (χ4v) is 1.64. The zero-order valence-electron chi connectivity index (χ0n) is 9.20. The average Bonchev–Trinajstić information content (AvgIpc) is 2.71. The number of anilines is 1. The number of aryl methyl sites for hydroxylation is 1. The number of aromatic nitrogens is 5. The number of nitrogen functional groups attached to an aromatic ring is 1. The molecule has 0 radical (unpaired) electrons. The number of rotatable bonds is 1. The zero-order chi connectivity index (χ0) is 11.8. The summed E-state index contributed by atoms with van der Waals surface area (Å²) in [6.07, 6.45) is 6.69. The van der Waals surface area contributed by atoms with Crippen LogP contribution in [0.4, 0.5) is 5.69 Å². The molecule has 0 spiro atoms. The summed E-state index contributed by atoms with van der Waals surface area (Å²) in [4.78, 5) is 16.9. The van der Waals surface area contributed by atoms with E-state index in [0.717, 1.165) is 16.7 Å². The molecular weight excluding hydrogens is 216 g/mol. The van der Waals surface area contributed by atoms with Crippen molar-refractivity contribution >= 4 is 16.9 Å². The summed E-state index contributed by atoms with van der Waals surface area (Å²) in [7, 11) is 1.89. The maximum atomic E-state index is 5.87. The van der Waals surface area contributed by atoms with Gasteiger partial charge in [-0.05, 0) is 6.07 Å². The third kappa shape index (κ3) is 1.50. The number of nitrogens with two attached hydrogens (primary N) is 1. The van der Waals surface area contributed by atoms with Gasteiger partial charge in [-0.2, -0.15) is 0 Å². The summed E-state index contributed by atoms with van der Waals surface area (Å²) >= 11 is 0. The van der Waals surface area contributed by atoms with Crippen molar-refractivity contribution in [1.29, 1.82) is 0 Å². The van der Waals surface area contributed by atoms with Crippen LogP contribution in [0.1, 0.15) is 0 Å². The fourth-order valence-electron chi connectivity index (χ4n) is 1.64. The molecule has 0 fully saturated rings. The Kier molecular flexibility index (Phi) is 2.01. The Labute approximate surface area is 97.2 Å². The van der Waals surface area contributed by atoms with Crippen molar-refractivity contribution < 1.29 is 0 Å². The minimum atomic E-state index is 0.562. The third-order valence-electron chi connectivity index (χ3n) is 2.55. The van der Waals surface area contributed by atoms with E-state index in [4.69, 9.17) is 5.73 Å². The van der Waals surface area contributed by atoms with Gasteiger partial charge in [-0.3, -0.25) is 4.98 Å². The van der Waals surface area contributed by atoms with Crippen LogP contribution in [0.15, 0.2) is 31.0 Å². The molecule has 17 heavy (non-hydrogen) atoms. The minimum Gasteiger partial charge on any atom is -0.398 e. The van der Waals surface area contributed by atoms with Crippen LogP contribution in [0.2, 0.25) is 0 Å². The summed E-state index contributed by atoms with van der Waals surface area (Å²) < 4.78 is 1.84. The Bertz CT molecular complexity index is 687. The lowest BCUT2D eigenvalue weighted by Crippen LogP contribution is -1.97. The smallest absolute Gasteiger partial charge is 0.165 e. The molecule has 0 bridgehead atoms. The van der Waals surface area contributed by atoms with Gasteiger partial charge < -0.3 is 10.3 Å². The molecule has 0 aliphatic rings. The second-order valence-electron chi connectivity index (χ2n) is 3.72. The molecule has 84 valence electrons. The van der Waals surface area contributed by atoms with Crippen molar-refractivity contribution in [2.45, 2.75) is 0 Å². The predicted octanol–water partition coefficient (Wildman–Crippen LogP) is 1.01. The molecule has 3 rings (SSSR count). The molecule has 0 aliphatic heterocycles. The van der Waals surface area contributed by atoms with Crippen LogP contribution in [0, 0.1) is 0 Å². The Morgan fingerprint density at radius 2 is 2.12 bits per heavy atom. The number of fused-ring (bicyclic) bond motifs is 1. The third-order valence-corrected chi connectivity index (χ3v) is 2.55. The SMILES string of the molecule is Cn1cnc2cnc(-c3cnccc3N)nc21. The van der Waals surface area contributed by atoms with Crippen molar-refractivity contribution in [1.82, 2.24) is 24.5 Å². The highest BCUT2D eigenvalue weighted by Crippen LogP contribution is 2.21. The number of imidazole rings is 1. The highest BCUT2D eigenvalue weighted by molar-refractivity contribution is 5.76. The summed E-state index contributed by atoms with van der Waals surface area (Å²) in [5, 5.41) is 0. The van der Waals surface area contributed by atoms with Gasteiger partial charge in [0.15, 0.2) is 11.5 Å². The van der Waals surface area contributed by atoms with Gasteiger partial charge in [0.1, 0.15) is 5.52 Å². The van der Waals surface area contributed by atoms with Gasteiger partial charge >= 0.3 is 0 Å². The highest BCUT2D eigenvalue weighted by atomic mass is 15.1. The van der Waals surface area contributed by atoms with Crippen molar-refractivity contribution in [2.75, 3.05) is 5.73 Å². The van der Waals surface area contributed by atoms with E-state index in [1.54, 1.807) is 31.0 Å². The van der Waals surface area contributed by atoms with E-state index in [0.29, 0.717) is 11.5 Å². The van der Waals surface area contributed by atoms with Gasteiger partial charge in [-0.1, -0.05) is 0 Å². The van der Waals surface area contributed by atoms with Crippen LogP contribution in [-0.4, -0.2) is 24.5 Å². The van der Waals surface area contributed by atoms with Gasteiger partial charge in [-0.15, -0.1) is 0 Å². The van der Waals surface area contributed by atoms with Crippen LogP contribution in [-0.2, 0) is 7.05 Å². The van der Waals surface area contributed by atoms with Crippen LogP contribution in [0.5, 0.6) is 0 Å². The molecule has 3 aromatic heterocycles. The van der Waals surface area contributed by atoms with Crippen molar-refractivity contribution in [2.24, 2.45) is 7.05 Å². The molecule has 0 saturated carbocycles. The number of pyridine rings is 1. The minimum absolute atomic E-state index is 0.562. The van der Waals surface area contributed by atoms with Crippen LogP contribution in [0.3, 0.4) is 0 Å². The summed E-state index contributed by atoms with van der Waals surface area (Å²) in [5.41, 5.74) is 8.75. The van der Waals surface area contributed by atoms with Gasteiger partial charge in [0.2, 0.25) is 0 Å². The Balaban J connectivity index is 2.24. The molecule has 6 heteroatoms. The molecule has 2 N–H and O–H groups in total. The van der Waals surface area contributed by atoms with Gasteiger partial charge in [-0.25, -0.2) is 15.0 Å². The Morgan fingerprint density at radius 1 is 1.24 bits per heavy atom. The second kappa shape index (κ2) is 3.51. The normalized spacial score (nSPS) is 10.9. The first-order valence-electron chi connectivity index (χ1n) is 5.09. The lowest BCUT2D eigenvalue weighted by atomic mass is 10.2. The van der Waals surface area contributed by atoms with Crippen LogP contribution >= 0.6 is 0 Å². The van der Waals surface area contributed by atoms with Crippen molar-refractivity contribution in [3.63, 3.8) is 0 Å². The standard InChI is InChI=1S/C11H10N6/c1-17-6-15-9-5-14-10(16-11(9)17)7-4-13-3-2-8(7)12/h2-6H,1H3,(H2,12,13). The van der Waals surface area contributed by atoms with E-state index in [1.165, 1.54) is 0 Å². The number of nitrogens with zero attached hydrogens (tertiary/aromatic N) is 5. The first kappa shape index (κ1) is 9.71. The molecule has 0 unspecified atom stereocenters. The fraction of sp³-hybridized carbons (Fsp3) is 0.0909. The largest absolute Gasteiger partial charge is 0.398 e. The highest BCUT2D eigenvalue weighted by Gasteiger charge is 2.08. The summed E-state index contributed by atoms with van der Waals surface area (Å²) in [5.74, 6) is 0.562. The molecule has 0 saturated heterocycles. The second-order valence-corrected chi connectivity index (χ2v) is 3.72. The van der Waals surface area contributed by atoms with Gasteiger partial charge in [0.05, 0.1) is 18.1 Å². The molecule has 0 amide bonds. The monoisotopic (exact) mass is 226 g/mol. The molecule has 3 aromatic rings. The van der Waals surface area contributed by atoms with Gasteiger partial charge in [0.25, 0.3) is 0 Å². The lowest BCUT2D eigenvalue weighted by Gasteiger charge is -2.03. The van der Waals surface area contributed by atoms with E-state index in [1.807, 2.05) is 11.6 Å². The number of hydrogen-bond donors (Lipinski definition) is 1.